The van der Waals surface area contributed by atoms with Gasteiger partial charge in [-0.15, -0.1) is 13.2 Å². The average Bonchev–Trinajstić information content (AvgIpc) is 2.48. The van der Waals surface area contributed by atoms with Gasteiger partial charge in [-0.25, -0.2) is 0 Å². The van der Waals surface area contributed by atoms with Crippen LogP contribution in [0.25, 0.3) is 6.08 Å². The van der Waals surface area contributed by atoms with Crippen LogP contribution in [0.3, 0.4) is 0 Å². The summed E-state index contributed by atoms with van der Waals surface area (Å²) in [6.07, 6.45) is 9.57. The zero-order valence-electron chi connectivity index (χ0n) is 8.89. The molecule has 1 aromatic rings. The zero-order chi connectivity index (χ0) is 10.7. The van der Waals surface area contributed by atoms with Gasteiger partial charge in [0.05, 0.1) is 0 Å². The topological polar surface area (TPSA) is 0 Å². The van der Waals surface area contributed by atoms with Crippen LogP contribution in [0.2, 0.25) is 0 Å². The third-order valence-corrected chi connectivity index (χ3v) is 3.03. The van der Waals surface area contributed by atoms with E-state index in [4.69, 9.17) is 0 Å². The van der Waals surface area contributed by atoms with Gasteiger partial charge >= 0.3 is 0 Å². The van der Waals surface area contributed by atoms with Gasteiger partial charge in [-0.1, -0.05) is 48.6 Å². The third kappa shape index (κ3) is 1.94. The third-order valence-electron chi connectivity index (χ3n) is 3.03. The maximum Gasteiger partial charge on any atom is 0.00298 e. The van der Waals surface area contributed by atoms with E-state index in [-0.39, 0.29) is 0 Å². The van der Waals surface area contributed by atoms with Gasteiger partial charge in [0, 0.05) is 5.92 Å². The molecule has 0 saturated carbocycles. The smallest absolute Gasteiger partial charge is 0.00298 e. The van der Waals surface area contributed by atoms with Crippen LogP contribution in [-0.2, 0) is 0 Å². The number of hydrogen-bond acceptors (Lipinski definition) is 0. The molecule has 1 aromatic carbocycles. The molecule has 0 heterocycles. The summed E-state index contributed by atoms with van der Waals surface area (Å²) < 4.78 is 0. The highest BCUT2D eigenvalue weighted by Gasteiger charge is 2.16. The lowest BCUT2D eigenvalue weighted by Crippen LogP contribution is -2.00. The molecule has 0 fully saturated rings. The Morgan fingerprint density at radius 2 is 1.93 bits per heavy atom. The number of benzene rings is 1. The van der Waals surface area contributed by atoms with Gasteiger partial charge in [-0.2, -0.15) is 0 Å². The van der Waals surface area contributed by atoms with Crippen molar-refractivity contribution in [3.8, 4) is 0 Å². The van der Waals surface area contributed by atoms with Crippen LogP contribution in [0, 0.1) is 5.92 Å². The minimum Gasteiger partial charge on any atom is -0.102 e. The molecular formula is C15H16. The Hall–Kier alpha value is -1.56. The molecule has 0 spiro atoms. The SMILES string of the molecule is C=CC1C=Cc2ccccc2C(C=C)C1. The van der Waals surface area contributed by atoms with E-state index >= 15 is 0 Å². The van der Waals surface area contributed by atoms with E-state index < -0.39 is 0 Å². The van der Waals surface area contributed by atoms with Crippen molar-refractivity contribution in [2.75, 3.05) is 0 Å². The maximum absolute atomic E-state index is 3.93. The maximum atomic E-state index is 3.93. The highest BCUT2D eigenvalue weighted by Crippen LogP contribution is 2.32. The van der Waals surface area contributed by atoms with Crippen LogP contribution < -0.4 is 0 Å². The summed E-state index contributed by atoms with van der Waals surface area (Å²) in [4.78, 5) is 0. The molecule has 0 heteroatoms. The summed E-state index contributed by atoms with van der Waals surface area (Å²) in [5.74, 6) is 0.902. The van der Waals surface area contributed by atoms with Crippen LogP contribution in [0.15, 0.2) is 55.7 Å². The van der Waals surface area contributed by atoms with E-state index in [0.717, 1.165) is 6.42 Å². The van der Waals surface area contributed by atoms with Crippen LogP contribution in [0.4, 0.5) is 0 Å². The standard InChI is InChI=1S/C15H16/c1-3-12-9-10-14-7-5-6-8-15(14)13(4-2)11-12/h3-10,12-13H,1-2,11H2. The Balaban J connectivity index is 2.45. The summed E-state index contributed by atoms with van der Waals surface area (Å²) in [5.41, 5.74) is 2.69. The number of hydrogen-bond donors (Lipinski definition) is 0. The first-order valence-corrected chi connectivity index (χ1v) is 5.37. The molecular weight excluding hydrogens is 180 g/mol. The van der Waals surface area contributed by atoms with Gasteiger partial charge in [0.2, 0.25) is 0 Å². The first kappa shape index (κ1) is 9.97. The highest BCUT2D eigenvalue weighted by molar-refractivity contribution is 5.57. The second-order valence-corrected chi connectivity index (χ2v) is 3.97. The average molecular weight is 196 g/mol. The van der Waals surface area contributed by atoms with Crippen LogP contribution >= 0.6 is 0 Å². The summed E-state index contributed by atoms with van der Waals surface area (Å²) in [6, 6.07) is 8.53. The van der Waals surface area contributed by atoms with Gasteiger partial charge in [-0.05, 0) is 23.5 Å². The number of rotatable bonds is 2. The van der Waals surface area contributed by atoms with Gasteiger partial charge in [0.15, 0.2) is 0 Å². The molecule has 0 N–H and O–H groups in total. The largest absolute Gasteiger partial charge is 0.102 e. The quantitative estimate of drug-likeness (QED) is 0.623. The Bertz CT molecular complexity index is 398. The van der Waals surface area contributed by atoms with Gasteiger partial charge in [0.25, 0.3) is 0 Å². The van der Waals surface area contributed by atoms with Crippen LogP contribution in [0.5, 0.6) is 0 Å². The minimum atomic E-state index is 0.444. The molecule has 0 saturated heterocycles. The van der Waals surface area contributed by atoms with E-state index in [1.807, 2.05) is 12.2 Å². The Kier molecular flexibility index (Phi) is 2.86. The fourth-order valence-corrected chi connectivity index (χ4v) is 2.12. The molecule has 1 aliphatic rings. The van der Waals surface area contributed by atoms with Gasteiger partial charge in [-0.3, -0.25) is 0 Å². The van der Waals surface area contributed by atoms with E-state index in [1.165, 1.54) is 11.1 Å². The highest BCUT2D eigenvalue weighted by atomic mass is 14.2. The lowest BCUT2D eigenvalue weighted by atomic mass is 9.89. The Morgan fingerprint density at radius 3 is 2.67 bits per heavy atom. The summed E-state index contributed by atoms with van der Waals surface area (Å²) >= 11 is 0. The van der Waals surface area contributed by atoms with Crippen LogP contribution in [-0.4, -0.2) is 0 Å². The van der Waals surface area contributed by atoms with E-state index in [1.54, 1.807) is 0 Å². The molecule has 0 aromatic heterocycles. The summed E-state index contributed by atoms with van der Waals surface area (Å²) in [6.45, 7) is 7.80. The van der Waals surface area contributed by atoms with Crippen molar-refractivity contribution in [2.24, 2.45) is 5.92 Å². The lowest BCUT2D eigenvalue weighted by molar-refractivity contribution is 0.658. The molecule has 0 bridgehead atoms. The van der Waals surface area contributed by atoms with Crippen molar-refractivity contribution >= 4 is 6.08 Å². The molecule has 0 aliphatic heterocycles. The molecule has 2 atom stereocenters. The fourth-order valence-electron chi connectivity index (χ4n) is 2.12. The normalized spacial score (nSPS) is 24.0. The molecule has 1 aliphatic carbocycles. The Labute approximate surface area is 91.6 Å². The molecule has 76 valence electrons. The fraction of sp³-hybridized carbons (Fsp3) is 0.200. The summed E-state index contributed by atoms with van der Waals surface area (Å²) in [5, 5.41) is 0. The van der Waals surface area contributed by atoms with Crippen molar-refractivity contribution < 1.29 is 0 Å². The first-order valence-electron chi connectivity index (χ1n) is 5.37. The zero-order valence-corrected chi connectivity index (χ0v) is 8.89. The lowest BCUT2D eigenvalue weighted by Gasteiger charge is -2.15. The first-order chi connectivity index (χ1) is 7.35. The van der Waals surface area contributed by atoms with Crippen molar-refractivity contribution in [2.45, 2.75) is 12.3 Å². The number of allylic oxidation sites excluding steroid dienone is 3. The van der Waals surface area contributed by atoms with Gasteiger partial charge < -0.3 is 0 Å². The van der Waals surface area contributed by atoms with E-state index in [0.29, 0.717) is 11.8 Å². The predicted molar refractivity (Wildman–Crippen MR) is 66.7 cm³/mol. The van der Waals surface area contributed by atoms with E-state index in [9.17, 15) is 0 Å². The predicted octanol–water partition coefficient (Wildman–Crippen LogP) is 4.18. The van der Waals surface area contributed by atoms with Crippen LogP contribution in [0.1, 0.15) is 23.5 Å². The van der Waals surface area contributed by atoms with Gasteiger partial charge in [0.1, 0.15) is 0 Å². The molecule has 15 heavy (non-hydrogen) atoms. The van der Waals surface area contributed by atoms with Crippen molar-refractivity contribution in [1.82, 2.24) is 0 Å². The Morgan fingerprint density at radius 1 is 1.13 bits per heavy atom. The van der Waals surface area contributed by atoms with Crippen molar-refractivity contribution in [3.63, 3.8) is 0 Å². The molecule has 0 nitrogen and oxygen atoms in total. The molecule has 2 rings (SSSR count). The molecule has 0 amide bonds. The molecule has 2 unspecified atom stereocenters. The minimum absolute atomic E-state index is 0.444. The molecule has 0 radical (unpaired) electrons. The monoisotopic (exact) mass is 196 g/mol. The second kappa shape index (κ2) is 4.31. The van der Waals surface area contributed by atoms with Crippen molar-refractivity contribution in [1.29, 1.82) is 0 Å². The van der Waals surface area contributed by atoms with Crippen molar-refractivity contribution in [3.05, 3.63) is 66.8 Å². The second-order valence-electron chi connectivity index (χ2n) is 3.97. The number of fused-ring (bicyclic) bond motifs is 1. The van der Waals surface area contributed by atoms with E-state index in [2.05, 4.69) is 49.6 Å². The summed E-state index contributed by atoms with van der Waals surface area (Å²) in [7, 11) is 0.